The fourth-order valence-corrected chi connectivity index (χ4v) is 3.63. The third-order valence-electron chi connectivity index (χ3n) is 5.17. The number of hydrogen-bond donors (Lipinski definition) is 2. The maximum Gasteiger partial charge on any atom is 0.141 e. The van der Waals surface area contributed by atoms with Crippen molar-refractivity contribution >= 4 is 16.7 Å². The van der Waals surface area contributed by atoms with E-state index >= 15 is 0 Å². The lowest BCUT2D eigenvalue weighted by atomic mass is 10.1. The summed E-state index contributed by atoms with van der Waals surface area (Å²) in [5.41, 5.74) is 11.7. The Bertz CT molecular complexity index is 1380. The monoisotopic (exact) mass is 411 g/mol. The number of anilines is 1. The summed E-state index contributed by atoms with van der Waals surface area (Å²) in [6.45, 7) is -0.0284. The topological polar surface area (TPSA) is 89.9 Å². The number of halogens is 1. The minimum absolute atomic E-state index is 0.0284. The molecule has 0 aliphatic heterocycles. The fourth-order valence-electron chi connectivity index (χ4n) is 3.63. The Labute approximate surface area is 177 Å². The maximum absolute atomic E-state index is 13.3. The molecule has 0 saturated carbocycles. The Morgan fingerprint density at radius 2 is 1.71 bits per heavy atom. The van der Waals surface area contributed by atoms with Crippen molar-refractivity contribution in [2.75, 3.05) is 5.73 Å². The van der Waals surface area contributed by atoms with Crippen molar-refractivity contribution in [3.05, 3.63) is 90.6 Å². The zero-order valence-corrected chi connectivity index (χ0v) is 16.4. The Kier molecular flexibility index (Phi) is 4.65. The highest BCUT2D eigenvalue weighted by Crippen LogP contribution is 2.34. The van der Waals surface area contributed by atoms with E-state index in [-0.39, 0.29) is 6.61 Å². The van der Waals surface area contributed by atoms with E-state index in [4.69, 9.17) is 5.73 Å². The van der Waals surface area contributed by atoms with E-state index in [9.17, 15) is 9.50 Å². The van der Waals surface area contributed by atoms with Crippen LogP contribution in [0.15, 0.2) is 79.3 Å². The van der Waals surface area contributed by atoms with Crippen LogP contribution in [0.25, 0.3) is 39.2 Å². The van der Waals surface area contributed by atoms with Crippen LogP contribution in [0, 0.1) is 5.82 Å². The van der Waals surface area contributed by atoms with E-state index < -0.39 is 5.82 Å². The van der Waals surface area contributed by atoms with Gasteiger partial charge in [-0.05, 0) is 54.1 Å². The van der Waals surface area contributed by atoms with Gasteiger partial charge in [-0.3, -0.25) is 9.97 Å². The lowest BCUT2D eigenvalue weighted by Gasteiger charge is -2.13. The van der Waals surface area contributed by atoms with E-state index in [0.29, 0.717) is 17.2 Å². The van der Waals surface area contributed by atoms with Crippen molar-refractivity contribution in [3.63, 3.8) is 0 Å². The molecule has 0 saturated heterocycles. The first-order valence-electron chi connectivity index (χ1n) is 9.68. The molecule has 0 spiro atoms. The van der Waals surface area contributed by atoms with E-state index in [2.05, 4.69) is 19.5 Å². The van der Waals surface area contributed by atoms with E-state index in [1.807, 2.05) is 48.5 Å². The van der Waals surface area contributed by atoms with Crippen LogP contribution in [-0.4, -0.2) is 24.6 Å². The van der Waals surface area contributed by atoms with Crippen LogP contribution in [0.4, 0.5) is 10.2 Å². The van der Waals surface area contributed by atoms with Crippen LogP contribution in [-0.2, 0) is 6.61 Å². The first kappa shape index (κ1) is 18.9. The number of nitrogens with zero attached hydrogens (tertiary/aromatic N) is 4. The highest BCUT2D eigenvalue weighted by molar-refractivity contribution is 5.92. The maximum atomic E-state index is 13.3. The molecule has 0 aliphatic rings. The summed E-state index contributed by atoms with van der Waals surface area (Å²) in [6.07, 6.45) is 4.60. The smallest absolute Gasteiger partial charge is 0.141 e. The summed E-state index contributed by atoms with van der Waals surface area (Å²) in [5, 5.41) is 10.3. The second kappa shape index (κ2) is 7.62. The molecule has 31 heavy (non-hydrogen) atoms. The van der Waals surface area contributed by atoms with Crippen LogP contribution >= 0.6 is 0 Å². The Morgan fingerprint density at radius 1 is 0.903 bits per heavy atom. The molecule has 152 valence electrons. The van der Waals surface area contributed by atoms with Gasteiger partial charge in [-0.2, -0.15) is 0 Å². The average Bonchev–Trinajstić information content (AvgIpc) is 3.18. The predicted molar refractivity (Wildman–Crippen MR) is 118 cm³/mol. The van der Waals surface area contributed by atoms with Crippen LogP contribution in [0.1, 0.15) is 5.56 Å². The number of rotatable bonds is 4. The van der Waals surface area contributed by atoms with Crippen molar-refractivity contribution in [2.45, 2.75) is 6.61 Å². The van der Waals surface area contributed by atoms with Gasteiger partial charge in [0.1, 0.15) is 11.6 Å². The number of aliphatic hydroxyl groups excluding tert-OH is 1. The quantitative estimate of drug-likeness (QED) is 0.459. The summed E-state index contributed by atoms with van der Waals surface area (Å²) < 4.78 is 15.4. The molecule has 4 heterocycles. The summed E-state index contributed by atoms with van der Waals surface area (Å²) >= 11 is 0. The molecule has 1 aromatic carbocycles. The molecule has 0 bridgehead atoms. The largest absolute Gasteiger partial charge is 0.392 e. The van der Waals surface area contributed by atoms with Gasteiger partial charge in [0, 0.05) is 29.0 Å². The first-order valence-corrected chi connectivity index (χ1v) is 9.68. The molecule has 0 fully saturated rings. The number of hydrogen-bond acceptors (Lipinski definition) is 5. The molecule has 0 atom stereocenters. The molecule has 0 aliphatic carbocycles. The molecular weight excluding hydrogens is 393 g/mol. The summed E-state index contributed by atoms with van der Waals surface area (Å²) in [4.78, 5) is 12.9. The molecule has 5 aromatic rings. The summed E-state index contributed by atoms with van der Waals surface area (Å²) in [7, 11) is 0. The van der Waals surface area contributed by atoms with E-state index in [1.54, 1.807) is 18.5 Å². The van der Waals surface area contributed by atoms with Crippen LogP contribution in [0.2, 0.25) is 0 Å². The first-order chi connectivity index (χ1) is 15.1. The minimum atomic E-state index is -0.397. The molecule has 4 aromatic heterocycles. The van der Waals surface area contributed by atoms with Crippen molar-refractivity contribution in [1.29, 1.82) is 0 Å². The van der Waals surface area contributed by atoms with E-state index in [0.717, 1.165) is 33.4 Å². The van der Waals surface area contributed by atoms with Crippen molar-refractivity contribution in [1.82, 2.24) is 19.5 Å². The van der Waals surface area contributed by atoms with Gasteiger partial charge < -0.3 is 15.4 Å². The highest BCUT2D eigenvalue weighted by atomic mass is 19.1. The zero-order chi connectivity index (χ0) is 21.4. The number of aromatic nitrogens is 4. The number of benzene rings is 1. The lowest BCUT2D eigenvalue weighted by molar-refractivity contribution is 0.282. The van der Waals surface area contributed by atoms with Gasteiger partial charge in [-0.1, -0.05) is 12.1 Å². The number of aliphatic hydroxyl groups is 1. The van der Waals surface area contributed by atoms with Gasteiger partial charge in [-0.25, -0.2) is 9.37 Å². The van der Waals surface area contributed by atoms with Gasteiger partial charge in [0.25, 0.3) is 0 Å². The Morgan fingerprint density at radius 3 is 2.42 bits per heavy atom. The number of pyridine rings is 3. The third-order valence-corrected chi connectivity index (χ3v) is 5.17. The van der Waals surface area contributed by atoms with E-state index in [1.165, 1.54) is 12.3 Å². The molecule has 0 unspecified atom stereocenters. The molecule has 5 rings (SSSR count). The number of fused-ring (bicyclic) bond motifs is 1. The SMILES string of the molecule is Nc1ncccc1-c1cc2cnc(-c3ccc(F)cn3)cc2n1-c1ccc(CO)cc1. The summed E-state index contributed by atoms with van der Waals surface area (Å²) in [5.74, 6) is 0.0263. The fraction of sp³-hybridized carbons (Fsp3) is 0.0417. The molecule has 7 heteroatoms. The molecular formula is C24H18FN5O. The number of nitrogens with two attached hydrogens (primary N) is 1. The second-order valence-electron chi connectivity index (χ2n) is 7.12. The number of nitrogen functional groups attached to an aromatic ring is 1. The zero-order valence-electron chi connectivity index (χ0n) is 16.4. The Balaban J connectivity index is 1.77. The van der Waals surface area contributed by atoms with Gasteiger partial charge in [0.15, 0.2) is 0 Å². The Hall–Kier alpha value is -4.10. The van der Waals surface area contributed by atoms with Gasteiger partial charge >= 0.3 is 0 Å². The van der Waals surface area contributed by atoms with Crippen LogP contribution < -0.4 is 5.73 Å². The lowest BCUT2D eigenvalue weighted by Crippen LogP contribution is -2.01. The summed E-state index contributed by atoms with van der Waals surface area (Å²) in [6, 6.07) is 18.3. The van der Waals surface area contributed by atoms with Gasteiger partial charge in [-0.15, -0.1) is 0 Å². The molecule has 0 amide bonds. The third kappa shape index (κ3) is 3.41. The second-order valence-corrected chi connectivity index (χ2v) is 7.12. The normalized spacial score (nSPS) is 11.2. The van der Waals surface area contributed by atoms with Crippen LogP contribution in [0.3, 0.4) is 0 Å². The van der Waals surface area contributed by atoms with Crippen LogP contribution in [0.5, 0.6) is 0 Å². The van der Waals surface area contributed by atoms with Crippen molar-refractivity contribution in [2.24, 2.45) is 0 Å². The average molecular weight is 411 g/mol. The standard InChI is InChI=1S/C24H18FN5O/c25-17-5-8-20(29-13-17)21-11-22-16(12-28-21)10-23(19-2-1-9-27-24(19)26)30(22)18-6-3-15(14-31)4-7-18/h1-13,31H,14H2,(H2,26,27). The highest BCUT2D eigenvalue weighted by Gasteiger charge is 2.16. The van der Waals surface area contributed by atoms with Crippen molar-refractivity contribution < 1.29 is 9.50 Å². The predicted octanol–water partition coefficient (Wildman–Crippen LogP) is 4.36. The van der Waals surface area contributed by atoms with Crippen molar-refractivity contribution in [3.8, 4) is 28.3 Å². The molecule has 0 radical (unpaired) electrons. The molecule has 3 N–H and O–H groups in total. The van der Waals surface area contributed by atoms with Gasteiger partial charge in [0.05, 0.1) is 35.4 Å². The minimum Gasteiger partial charge on any atom is -0.392 e. The van der Waals surface area contributed by atoms with Gasteiger partial charge in [0.2, 0.25) is 0 Å². The molecule has 6 nitrogen and oxygen atoms in total.